The van der Waals surface area contributed by atoms with E-state index in [4.69, 9.17) is 10.3 Å². The minimum atomic E-state index is -0.337. The number of benzene rings is 1. The third-order valence-corrected chi connectivity index (χ3v) is 4.28. The summed E-state index contributed by atoms with van der Waals surface area (Å²) in [7, 11) is 0. The van der Waals surface area contributed by atoms with Crippen molar-refractivity contribution in [3.63, 3.8) is 0 Å². The number of hydrogen-bond donors (Lipinski definition) is 2. The molecule has 0 fully saturated rings. The van der Waals surface area contributed by atoms with E-state index in [0.717, 1.165) is 11.3 Å². The zero-order valence-corrected chi connectivity index (χ0v) is 13.7. The molecule has 1 aliphatic heterocycles. The van der Waals surface area contributed by atoms with Crippen LogP contribution in [0.4, 0.5) is 11.5 Å². The number of hydrogen-bond acceptors (Lipinski definition) is 5. The summed E-state index contributed by atoms with van der Waals surface area (Å²) in [6.45, 7) is 3.91. The zero-order valence-electron chi connectivity index (χ0n) is 13.7. The molecule has 0 bridgehead atoms. The number of rotatable bonds is 4. The lowest BCUT2D eigenvalue weighted by atomic mass is 9.85. The molecule has 2 aromatic rings. The lowest BCUT2D eigenvalue weighted by molar-refractivity contribution is -0.119. The maximum atomic E-state index is 12.3. The first-order chi connectivity index (χ1) is 11.5. The van der Waals surface area contributed by atoms with Crippen molar-refractivity contribution in [3.8, 4) is 0 Å². The fourth-order valence-corrected chi connectivity index (χ4v) is 3.15. The van der Waals surface area contributed by atoms with E-state index >= 15 is 0 Å². The fourth-order valence-electron chi connectivity index (χ4n) is 3.15. The molecule has 0 radical (unpaired) electrons. The van der Waals surface area contributed by atoms with Gasteiger partial charge in [0, 0.05) is 17.8 Å². The molecule has 3 rings (SSSR count). The van der Waals surface area contributed by atoms with Crippen molar-refractivity contribution in [3.05, 3.63) is 41.7 Å². The Balaban J connectivity index is 1.80. The van der Waals surface area contributed by atoms with Crippen LogP contribution in [0.5, 0.6) is 0 Å². The van der Waals surface area contributed by atoms with E-state index in [1.165, 1.54) is 0 Å². The molecule has 2 heterocycles. The topological polar surface area (TPSA) is 101 Å². The number of para-hydroxylation sites is 1. The van der Waals surface area contributed by atoms with Gasteiger partial charge in [0.15, 0.2) is 5.82 Å². The smallest absolute Gasteiger partial charge is 0.245 e. The Hall–Kier alpha value is -2.83. The van der Waals surface area contributed by atoms with Crippen LogP contribution in [0.25, 0.3) is 0 Å². The lowest BCUT2D eigenvalue weighted by Crippen LogP contribution is -2.45. The Morgan fingerprint density at radius 2 is 2.17 bits per heavy atom. The minimum absolute atomic E-state index is 0.0159. The van der Waals surface area contributed by atoms with E-state index in [2.05, 4.69) is 10.5 Å². The maximum Gasteiger partial charge on any atom is 0.245 e. The van der Waals surface area contributed by atoms with Crippen LogP contribution in [0.15, 0.2) is 34.9 Å². The van der Waals surface area contributed by atoms with Crippen LogP contribution in [-0.2, 0) is 9.59 Å². The molecule has 1 aliphatic rings. The number of amides is 2. The number of nitrogens with two attached hydrogens (primary N) is 1. The third-order valence-electron chi connectivity index (χ3n) is 4.28. The van der Waals surface area contributed by atoms with Gasteiger partial charge >= 0.3 is 0 Å². The van der Waals surface area contributed by atoms with Crippen LogP contribution < -0.4 is 16.0 Å². The normalized spacial score (nSPS) is 19.7. The quantitative estimate of drug-likeness (QED) is 0.891. The van der Waals surface area contributed by atoms with Gasteiger partial charge in [-0.05, 0) is 31.9 Å². The molecule has 2 amide bonds. The van der Waals surface area contributed by atoms with Gasteiger partial charge in [-0.15, -0.1) is 0 Å². The number of fused-ring (bicyclic) bond motifs is 1. The molecule has 0 saturated heterocycles. The van der Waals surface area contributed by atoms with Crippen molar-refractivity contribution < 1.29 is 14.1 Å². The summed E-state index contributed by atoms with van der Waals surface area (Å²) in [6.07, 6.45) is 0.586. The standard InChI is InChI=1S/C17H20N4O3/c1-10-7-13(17(18)23)12-5-3-4-6-14(12)21(10)9-16(22)19-15-8-11(2)24-20-15/h3-6,8,10,13H,7,9H2,1-2H3,(H2,18,23)(H,19,20,22)/t10-,13-/m1/s1. The van der Waals surface area contributed by atoms with Crippen LogP contribution in [0, 0.1) is 6.92 Å². The highest BCUT2D eigenvalue weighted by Gasteiger charge is 2.33. The van der Waals surface area contributed by atoms with Crippen molar-refractivity contribution in [2.24, 2.45) is 5.73 Å². The molecule has 7 heteroatoms. The van der Waals surface area contributed by atoms with Gasteiger partial charge in [0.2, 0.25) is 11.8 Å². The molecule has 0 aliphatic carbocycles. The number of nitrogens with one attached hydrogen (secondary N) is 1. The van der Waals surface area contributed by atoms with Crippen LogP contribution in [0.3, 0.4) is 0 Å². The molecule has 7 nitrogen and oxygen atoms in total. The van der Waals surface area contributed by atoms with E-state index in [9.17, 15) is 9.59 Å². The Morgan fingerprint density at radius 3 is 2.83 bits per heavy atom. The average molecular weight is 328 g/mol. The Kier molecular flexibility index (Phi) is 4.24. The van der Waals surface area contributed by atoms with E-state index < -0.39 is 0 Å². The number of aromatic nitrogens is 1. The van der Waals surface area contributed by atoms with Gasteiger partial charge in [0.1, 0.15) is 5.76 Å². The monoisotopic (exact) mass is 328 g/mol. The van der Waals surface area contributed by atoms with Crippen LogP contribution >= 0.6 is 0 Å². The molecular formula is C17H20N4O3. The summed E-state index contributed by atoms with van der Waals surface area (Å²) in [5.74, 6) is 0.171. The van der Waals surface area contributed by atoms with Crippen molar-refractivity contribution in [2.75, 3.05) is 16.8 Å². The minimum Gasteiger partial charge on any atom is -0.369 e. The second-order valence-electron chi connectivity index (χ2n) is 6.10. The van der Waals surface area contributed by atoms with Crippen molar-refractivity contribution >= 4 is 23.3 Å². The summed E-state index contributed by atoms with van der Waals surface area (Å²) in [5.41, 5.74) is 7.28. The summed E-state index contributed by atoms with van der Waals surface area (Å²) < 4.78 is 4.94. The predicted molar refractivity (Wildman–Crippen MR) is 89.7 cm³/mol. The first-order valence-corrected chi connectivity index (χ1v) is 7.83. The summed E-state index contributed by atoms with van der Waals surface area (Å²) in [5, 5.41) is 6.48. The number of carbonyl (C=O) groups is 2. The van der Waals surface area contributed by atoms with Gasteiger partial charge < -0.3 is 20.5 Å². The molecule has 0 saturated carbocycles. The van der Waals surface area contributed by atoms with E-state index in [1.807, 2.05) is 36.1 Å². The highest BCUT2D eigenvalue weighted by molar-refractivity contribution is 5.94. The lowest BCUT2D eigenvalue weighted by Gasteiger charge is -2.39. The van der Waals surface area contributed by atoms with Gasteiger partial charge in [-0.3, -0.25) is 9.59 Å². The Labute approximate surface area is 139 Å². The van der Waals surface area contributed by atoms with Crippen LogP contribution in [0.1, 0.15) is 30.6 Å². The SMILES string of the molecule is Cc1cc(NC(=O)CN2c3ccccc3[C@H](C(N)=O)C[C@H]2C)no1. The zero-order chi connectivity index (χ0) is 17.3. The Morgan fingerprint density at radius 1 is 1.42 bits per heavy atom. The second-order valence-corrected chi connectivity index (χ2v) is 6.10. The number of anilines is 2. The maximum absolute atomic E-state index is 12.3. The van der Waals surface area contributed by atoms with E-state index in [-0.39, 0.29) is 30.3 Å². The second kappa shape index (κ2) is 6.35. The number of carbonyl (C=O) groups excluding carboxylic acids is 2. The van der Waals surface area contributed by atoms with Crippen LogP contribution in [-0.4, -0.2) is 29.6 Å². The van der Waals surface area contributed by atoms with E-state index in [0.29, 0.717) is 18.0 Å². The summed E-state index contributed by atoms with van der Waals surface area (Å²) in [4.78, 5) is 26.1. The molecular weight excluding hydrogens is 308 g/mol. The molecule has 126 valence electrons. The number of primary amides is 1. The molecule has 2 atom stereocenters. The summed E-state index contributed by atoms with van der Waals surface area (Å²) in [6, 6.07) is 9.25. The first kappa shape index (κ1) is 16.0. The largest absolute Gasteiger partial charge is 0.369 e. The van der Waals surface area contributed by atoms with Crippen molar-refractivity contribution in [1.82, 2.24) is 5.16 Å². The molecule has 0 spiro atoms. The van der Waals surface area contributed by atoms with Crippen LogP contribution in [0.2, 0.25) is 0 Å². The predicted octanol–water partition coefficient (Wildman–Crippen LogP) is 1.79. The van der Waals surface area contributed by atoms with Gasteiger partial charge in [-0.25, -0.2) is 0 Å². The van der Waals surface area contributed by atoms with E-state index in [1.54, 1.807) is 13.0 Å². The first-order valence-electron chi connectivity index (χ1n) is 7.83. The Bertz CT molecular complexity index is 771. The van der Waals surface area contributed by atoms with Gasteiger partial charge in [-0.2, -0.15) is 0 Å². The molecule has 1 aromatic carbocycles. The molecule has 1 aromatic heterocycles. The highest BCUT2D eigenvalue weighted by atomic mass is 16.5. The van der Waals surface area contributed by atoms with Gasteiger partial charge in [0.25, 0.3) is 0 Å². The third kappa shape index (κ3) is 3.10. The van der Waals surface area contributed by atoms with Gasteiger partial charge in [-0.1, -0.05) is 23.4 Å². The molecule has 0 unspecified atom stereocenters. The summed E-state index contributed by atoms with van der Waals surface area (Å²) >= 11 is 0. The molecule has 3 N–H and O–H groups in total. The fraction of sp³-hybridized carbons (Fsp3) is 0.353. The molecule has 24 heavy (non-hydrogen) atoms. The highest BCUT2D eigenvalue weighted by Crippen LogP contribution is 2.37. The average Bonchev–Trinajstić information content (AvgIpc) is 2.94. The van der Waals surface area contributed by atoms with Crippen molar-refractivity contribution in [1.29, 1.82) is 0 Å². The number of nitrogens with zero attached hydrogens (tertiary/aromatic N) is 2. The number of aryl methyl sites for hydroxylation is 1. The van der Waals surface area contributed by atoms with Crippen molar-refractivity contribution in [2.45, 2.75) is 32.2 Å². The van der Waals surface area contributed by atoms with Gasteiger partial charge in [0.05, 0.1) is 12.5 Å².